The molecule has 0 N–H and O–H groups in total. The lowest BCUT2D eigenvalue weighted by atomic mass is 10.0. The second-order valence-corrected chi connectivity index (χ2v) is 9.28. The predicted octanol–water partition coefficient (Wildman–Crippen LogP) is 5.77. The summed E-state index contributed by atoms with van der Waals surface area (Å²) >= 11 is 14.5. The number of thioether (sulfide) groups is 1. The second kappa shape index (κ2) is 7.14. The Morgan fingerprint density at radius 2 is 2.00 bits per heavy atom. The van der Waals surface area contributed by atoms with Crippen molar-refractivity contribution >= 4 is 40.1 Å². The molecule has 1 saturated heterocycles. The lowest BCUT2D eigenvalue weighted by Crippen LogP contribution is -2.30. The summed E-state index contributed by atoms with van der Waals surface area (Å²) in [4.78, 5) is 12.1. The Morgan fingerprint density at radius 3 is 2.79 bits per heavy atom. The molecule has 1 fully saturated rings. The van der Waals surface area contributed by atoms with E-state index in [9.17, 15) is 0 Å². The van der Waals surface area contributed by atoms with Crippen molar-refractivity contribution in [2.75, 3.05) is 6.54 Å². The minimum absolute atomic E-state index is 0.0454. The number of rotatable bonds is 3. The Hall–Kier alpha value is -1.95. The van der Waals surface area contributed by atoms with Gasteiger partial charge in [0.2, 0.25) is 0 Å². The Morgan fingerprint density at radius 1 is 1.11 bits per heavy atom. The van der Waals surface area contributed by atoms with Crippen molar-refractivity contribution in [3.8, 4) is 5.69 Å². The maximum absolute atomic E-state index is 6.52. The summed E-state index contributed by atoms with van der Waals surface area (Å²) in [6.45, 7) is 3.21. The van der Waals surface area contributed by atoms with Crippen molar-refractivity contribution in [3.63, 3.8) is 0 Å². The molecule has 2 aliphatic rings. The van der Waals surface area contributed by atoms with E-state index in [1.807, 2.05) is 48.4 Å². The molecule has 3 atom stereocenters. The van der Waals surface area contributed by atoms with Crippen molar-refractivity contribution in [1.82, 2.24) is 14.5 Å². The summed E-state index contributed by atoms with van der Waals surface area (Å²) in [6, 6.07) is 15.9. The zero-order valence-corrected chi connectivity index (χ0v) is 17.5. The van der Waals surface area contributed by atoms with Gasteiger partial charge in [-0.15, -0.1) is 0 Å². The van der Waals surface area contributed by atoms with E-state index in [0.717, 1.165) is 28.8 Å². The Bertz CT molecular complexity index is 1050. The van der Waals surface area contributed by atoms with Crippen molar-refractivity contribution in [3.05, 3.63) is 82.4 Å². The molecule has 3 aromatic rings. The van der Waals surface area contributed by atoms with Crippen LogP contribution in [-0.4, -0.2) is 31.4 Å². The quantitative estimate of drug-likeness (QED) is 0.530. The molecule has 2 aliphatic heterocycles. The zero-order chi connectivity index (χ0) is 19.3. The van der Waals surface area contributed by atoms with E-state index in [0.29, 0.717) is 15.3 Å². The summed E-state index contributed by atoms with van der Waals surface area (Å²) in [7, 11) is 0. The highest BCUT2D eigenvalue weighted by molar-refractivity contribution is 8.14. The van der Waals surface area contributed by atoms with E-state index in [1.54, 1.807) is 6.07 Å². The largest absolute Gasteiger partial charge is 0.339 e. The van der Waals surface area contributed by atoms with Crippen molar-refractivity contribution < 1.29 is 0 Å². The van der Waals surface area contributed by atoms with Gasteiger partial charge in [0, 0.05) is 34.9 Å². The average molecular weight is 429 g/mol. The third-order valence-corrected chi connectivity index (χ3v) is 6.77. The Balaban J connectivity index is 1.62. The molecule has 0 spiro atoms. The Kier molecular flexibility index (Phi) is 4.62. The SMILES string of the molecule is C[C@@H]1CN2C(=N[C@H](c3ccccn3)[C@H]2c2cccn2-c2ccc(Cl)cc2Cl)S1. The third-order valence-electron chi connectivity index (χ3n) is 5.13. The van der Waals surface area contributed by atoms with E-state index in [1.165, 1.54) is 0 Å². The van der Waals surface area contributed by atoms with Crippen LogP contribution in [0.15, 0.2) is 65.9 Å². The molecule has 0 bridgehead atoms. The molecular formula is C21H18Cl2N4S. The van der Waals surface area contributed by atoms with Crippen LogP contribution < -0.4 is 0 Å². The zero-order valence-electron chi connectivity index (χ0n) is 15.2. The molecule has 1 aromatic carbocycles. The van der Waals surface area contributed by atoms with Gasteiger partial charge in [0.05, 0.1) is 22.4 Å². The molecule has 0 saturated carbocycles. The predicted molar refractivity (Wildman–Crippen MR) is 117 cm³/mol. The van der Waals surface area contributed by atoms with E-state index < -0.39 is 0 Å². The summed E-state index contributed by atoms with van der Waals surface area (Å²) in [5.41, 5.74) is 3.05. The second-order valence-electron chi connectivity index (χ2n) is 7.04. The van der Waals surface area contributed by atoms with Crippen molar-refractivity contribution in [1.29, 1.82) is 0 Å². The molecule has 4 nitrogen and oxygen atoms in total. The third kappa shape index (κ3) is 3.02. The topological polar surface area (TPSA) is 33.4 Å². The molecule has 0 radical (unpaired) electrons. The molecule has 7 heteroatoms. The molecule has 5 rings (SSSR count). The van der Waals surface area contributed by atoms with Crippen LogP contribution in [0.4, 0.5) is 0 Å². The lowest BCUT2D eigenvalue weighted by molar-refractivity contribution is 0.312. The van der Waals surface area contributed by atoms with Gasteiger partial charge in [-0.3, -0.25) is 9.98 Å². The van der Waals surface area contributed by atoms with Gasteiger partial charge in [0.15, 0.2) is 5.17 Å². The van der Waals surface area contributed by atoms with Crippen LogP contribution in [0.2, 0.25) is 10.0 Å². The van der Waals surface area contributed by atoms with E-state index >= 15 is 0 Å². The fourth-order valence-corrected chi connectivity index (χ4v) is 5.56. The van der Waals surface area contributed by atoms with Gasteiger partial charge in [-0.05, 0) is 42.5 Å². The number of fused-ring (bicyclic) bond motifs is 1. The van der Waals surface area contributed by atoms with Crippen molar-refractivity contribution in [2.24, 2.45) is 4.99 Å². The van der Waals surface area contributed by atoms with Crippen LogP contribution in [0.25, 0.3) is 5.69 Å². The van der Waals surface area contributed by atoms with Crippen LogP contribution in [0.5, 0.6) is 0 Å². The van der Waals surface area contributed by atoms with Crippen LogP contribution >= 0.6 is 35.0 Å². The molecule has 4 heterocycles. The number of halogens is 2. The number of aromatic nitrogens is 2. The molecule has 0 unspecified atom stereocenters. The van der Waals surface area contributed by atoms with E-state index in [2.05, 4.69) is 39.6 Å². The van der Waals surface area contributed by atoms with Crippen LogP contribution in [0, 0.1) is 0 Å². The summed E-state index contributed by atoms with van der Waals surface area (Å²) in [5, 5.41) is 2.88. The number of hydrogen-bond acceptors (Lipinski definition) is 4. The Labute approximate surface area is 178 Å². The smallest absolute Gasteiger partial charge is 0.160 e. The van der Waals surface area contributed by atoms with Gasteiger partial charge in [-0.25, -0.2) is 0 Å². The average Bonchev–Trinajstić information content (AvgIpc) is 3.36. The monoisotopic (exact) mass is 428 g/mol. The first kappa shape index (κ1) is 18.1. The first-order chi connectivity index (χ1) is 13.6. The van der Waals surface area contributed by atoms with E-state index in [-0.39, 0.29) is 12.1 Å². The maximum atomic E-state index is 6.52. The number of benzene rings is 1. The van der Waals surface area contributed by atoms with Gasteiger partial charge in [-0.2, -0.15) is 0 Å². The van der Waals surface area contributed by atoms with Gasteiger partial charge < -0.3 is 9.47 Å². The highest BCUT2D eigenvalue weighted by Gasteiger charge is 2.44. The van der Waals surface area contributed by atoms with E-state index in [4.69, 9.17) is 28.2 Å². The molecule has 142 valence electrons. The number of hydrogen-bond donors (Lipinski definition) is 0. The molecule has 0 aliphatic carbocycles. The van der Waals surface area contributed by atoms with Crippen LogP contribution in [0.3, 0.4) is 0 Å². The van der Waals surface area contributed by atoms with Crippen LogP contribution in [-0.2, 0) is 0 Å². The minimum Gasteiger partial charge on any atom is -0.339 e. The molecule has 28 heavy (non-hydrogen) atoms. The fraction of sp³-hybridized carbons (Fsp3) is 0.238. The normalized spacial score (nSPS) is 23.8. The number of amidine groups is 1. The van der Waals surface area contributed by atoms with Crippen LogP contribution in [0.1, 0.15) is 30.4 Å². The highest BCUT2D eigenvalue weighted by Crippen LogP contribution is 2.48. The fourth-order valence-electron chi connectivity index (χ4n) is 3.97. The number of nitrogens with zero attached hydrogens (tertiary/aromatic N) is 4. The van der Waals surface area contributed by atoms with Gasteiger partial charge >= 0.3 is 0 Å². The van der Waals surface area contributed by atoms with Crippen molar-refractivity contribution in [2.45, 2.75) is 24.3 Å². The summed E-state index contributed by atoms with van der Waals surface area (Å²) in [5.74, 6) is 0. The standard InChI is InChI=1S/C21H18Cl2N4S/c1-13-12-27-20(19(25-21(27)28-13)16-5-2-3-9-24-16)18-6-4-10-26(18)17-8-7-14(22)11-15(17)23/h2-11,13,19-20H,12H2,1H3/t13-,19-,20-/m1/s1. The highest BCUT2D eigenvalue weighted by atomic mass is 35.5. The molecule has 2 aromatic heterocycles. The lowest BCUT2D eigenvalue weighted by Gasteiger charge is -2.28. The van der Waals surface area contributed by atoms with Gasteiger partial charge in [-0.1, -0.05) is 48.0 Å². The summed E-state index contributed by atoms with van der Waals surface area (Å²) < 4.78 is 2.14. The number of pyridine rings is 1. The van der Waals surface area contributed by atoms with Gasteiger partial charge in [0.25, 0.3) is 0 Å². The first-order valence-corrected chi connectivity index (χ1v) is 10.8. The number of aliphatic imine (C=N–C) groups is 1. The van der Waals surface area contributed by atoms with Gasteiger partial charge in [0.1, 0.15) is 6.04 Å². The molecular weight excluding hydrogens is 411 g/mol. The maximum Gasteiger partial charge on any atom is 0.160 e. The first-order valence-electron chi connectivity index (χ1n) is 9.16. The minimum atomic E-state index is -0.0454. The molecule has 0 amide bonds. The summed E-state index contributed by atoms with van der Waals surface area (Å²) in [6.07, 6.45) is 3.88.